The highest BCUT2D eigenvalue weighted by Crippen LogP contribution is 2.70. The molecule has 0 aromatic carbocycles. The van der Waals surface area contributed by atoms with E-state index in [1.165, 1.54) is 19.9 Å². The van der Waals surface area contributed by atoms with Crippen LogP contribution in [0.15, 0.2) is 23.3 Å². The summed E-state index contributed by atoms with van der Waals surface area (Å²) >= 11 is 0. The largest absolute Gasteiger partial charge is 0.463 e. The zero-order chi connectivity index (χ0) is 33.3. The van der Waals surface area contributed by atoms with Crippen LogP contribution in [-0.4, -0.2) is 73.6 Å². The van der Waals surface area contributed by atoms with Crippen LogP contribution < -0.4 is 0 Å². The molecular formula is C34H48O11. The molecule has 9 atom stereocenters. The van der Waals surface area contributed by atoms with Crippen LogP contribution in [-0.2, 0) is 52.4 Å². The molecule has 4 aliphatic rings. The lowest BCUT2D eigenvalue weighted by molar-refractivity contribution is -0.390. The molecule has 0 N–H and O–H groups in total. The van der Waals surface area contributed by atoms with E-state index in [2.05, 4.69) is 13.8 Å². The van der Waals surface area contributed by atoms with Gasteiger partial charge in [-0.15, -0.1) is 0 Å². The highest BCUT2D eigenvalue weighted by atomic mass is 16.6. The zero-order valence-corrected chi connectivity index (χ0v) is 27.8. The Labute approximate surface area is 265 Å². The van der Waals surface area contributed by atoms with Gasteiger partial charge in [0.25, 0.3) is 0 Å². The van der Waals surface area contributed by atoms with Crippen molar-refractivity contribution in [3.05, 3.63) is 23.3 Å². The smallest absolute Gasteiger partial charge is 0.333 e. The van der Waals surface area contributed by atoms with Crippen LogP contribution in [0.3, 0.4) is 0 Å². The monoisotopic (exact) mass is 632 g/mol. The molecule has 3 fully saturated rings. The molecule has 45 heavy (non-hydrogen) atoms. The molecule has 3 unspecified atom stereocenters. The van der Waals surface area contributed by atoms with Crippen LogP contribution >= 0.6 is 0 Å². The van der Waals surface area contributed by atoms with Crippen LogP contribution in [0, 0.1) is 28.6 Å². The summed E-state index contributed by atoms with van der Waals surface area (Å²) in [5.74, 6) is -3.19. The molecular weight excluding hydrogens is 584 g/mol. The van der Waals surface area contributed by atoms with Gasteiger partial charge in [0.2, 0.25) is 0 Å². The maximum absolute atomic E-state index is 13.3. The Kier molecular flexibility index (Phi) is 10.2. The van der Waals surface area contributed by atoms with Crippen molar-refractivity contribution in [1.29, 1.82) is 0 Å². The van der Waals surface area contributed by atoms with E-state index in [1.807, 2.05) is 6.92 Å². The summed E-state index contributed by atoms with van der Waals surface area (Å²) < 4.78 is 35.6. The number of hydrogen-bond acceptors (Lipinski definition) is 11. The van der Waals surface area contributed by atoms with Gasteiger partial charge in [-0.2, -0.15) is 0 Å². The molecule has 2 saturated carbocycles. The van der Waals surface area contributed by atoms with Crippen LogP contribution in [0.5, 0.6) is 0 Å². The third-order valence-corrected chi connectivity index (χ3v) is 11.0. The average molecular weight is 633 g/mol. The number of carbonyl (C=O) groups excluding carboxylic acids is 5. The van der Waals surface area contributed by atoms with Gasteiger partial charge in [-0.3, -0.25) is 14.4 Å². The number of cyclic esters (lactones) is 1. The van der Waals surface area contributed by atoms with Gasteiger partial charge in [-0.05, 0) is 57.3 Å². The first-order valence-electron chi connectivity index (χ1n) is 16.0. The van der Waals surface area contributed by atoms with Gasteiger partial charge in [0.15, 0.2) is 0 Å². The molecule has 1 saturated heterocycles. The van der Waals surface area contributed by atoms with Gasteiger partial charge in [0.05, 0.1) is 17.9 Å². The molecule has 4 rings (SSSR count). The lowest BCUT2D eigenvalue weighted by Crippen LogP contribution is -2.81. The molecule has 0 radical (unpaired) electrons. The standard InChI is InChI=1S/C34H48O11/c1-9-19(3)30(38)44-25-11-12-33(17-41-22(6)35)34(18-42-33)27(43-23(7)36)13-21(5)32(8,29(25)34)15-26(24-14-28(37)40-16-24)45-31(39)20(4)10-2/h9,14,20-21,25-27,29H,10-13,15-18H2,1-8H3/b19-9+/t20-,21-,25?,26?,27?,29-,32+,33-,34-/m0/s1. The summed E-state index contributed by atoms with van der Waals surface area (Å²) in [4.78, 5) is 63.2. The van der Waals surface area contributed by atoms with Gasteiger partial charge in [0, 0.05) is 37.0 Å². The Morgan fingerprint density at radius 3 is 2.38 bits per heavy atom. The molecule has 0 aromatic heterocycles. The third-order valence-electron chi connectivity index (χ3n) is 11.0. The predicted octanol–water partition coefficient (Wildman–Crippen LogP) is 4.40. The van der Waals surface area contributed by atoms with Crippen LogP contribution in [0.25, 0.3) is 0 Å². The maximum Gasteiger partial charge on any atom is 0.333 e. The lowest BCUT2D eigenvalue weighted by atomic mass is 9.39. The molecule has 2 aliphatic carbocycles. The second kappa shape index (κ2) is 13.3. The minimum atomic E-state index is -0.988. The first-order chi connectivity index (χ1) is 21.1. The summed E-state index contributed by atoms with van der Waals surface area (Å²) in [6, 6.07) is 0. The van der Waals surface area contributed by atoms with Crippen LogP contribution in [0.2, 0.25) is 0 Å². The Morgan fingerprint density at radius 1 is 1.13 bits per heavy atom. The lowest BCUT2D eigenvalue weighted by Gasteiger charge is -2.73. The molecule has 0 aromatic rings. The van der Waals surface area contributed by atoms with E-state index in [-0.39, 0.29) is 44.0 Å². The van der Waals surface area contributed by atoms with E-state index in [0.717, 1.165) is 0 Å². The Bertz CT molecular complexity index is 1270. The van der Waals surface area contributed by atoms with Crippen molar-refractivity contribution < 1.29 is 52.4 Å². The normalized spacial score (nSPS) is 35.3. The average Bonchev–Trinajstić information content (AvgIpc) is 3.41. The molecule has 250 valence electrons. The van der Waals surface area contributed by atoms with E-state index in [4.69, 9.17) is 28.4 Å². The molecule has 1 spiro atoms. The second-order valence-corrected chi connectivity index (χ2v) is 13.5. The Hall–Kier alpha value is -3.21. The Balaban J connectivity index is 1.87. The third kappa shape index (κ3) is 6.29. The van der Waals surface area contributed by atoms with Crippen molar-refractivity contribution in [3.63, 3.8) is 0 Å². The van der Waals surface area contributed by atoms with E-state index < -0.39 is 64.5 Å². The van der Waals surface area contributed by atoms with Gasteiger partial charge < -0.3 is 28.4 Å². The number of allylic oxidation sites excluding steroid dienone is 1. The minimum Gasteiger partial charge on any atom is -0.463 e. The van der Waals surface area contributed by atoms with E-state index in [1.54, 1.807) is 26.8 Å². The summed E-state index contributed by atoms with van der Waals surface area (Å²) in [5, 5.41) is 0. The minimum absolute atomic E-state index is 0.00599. The molecule has 0 amide bonds. The van der Waals surface area contributed by atoms with E-state index >= 15 is 0 Å². The number of rotatable bonds is 11. The first kappa shape index (κ1) is 34.7. The van der Waals surface area contributed by atoms with Crippen molar-refractivity contribution in [3.8, 4) is 0 Å². The van der Waals surface area contributed by atoms with Crippen LogP contribution in [0.1, 0.15) is 87.5 Å². The molecule has 2 heterocycles. The SMILES string of the molecule is C/C=C(\C)C(=O)OC1CC[C@@]2(COC(C)=O)OC[C@@]23C(OC(C)=O)C[C@H](C)[C@@](C)(CC(OC(=O)[C@@H](C)CC)C2=CC(=O)OC2)[C@H]13. The van der Waals surface area contributed by atoms with Crippen molar-refractivity contribution in [2.45, 2.75) is 111 Å². The predicted molar refractivity (Wildman–Crippen MR) is 160 cm³/mol. The first-order valence-corrected chi connectivity index (χ1v) is 16.0. The fourth-order valence-electron chi connectivity index (χ4n) is 7.97. The van der Waals surface area contributed by atoms with Crippen molar-refractivity contribution in [2.75, 3.05) is 19.8 Å². The highest BCUT2D eigenvalue weighted by molar-refractivity contribution is 5.88. The number of ether oxygens (including phenoxy) is 6. The number of carbonyl (C=O) groups is 5. The molecule has 0 bridgehead atoms. The second-order valence-electron chi connectivity index (χ2n) is 13.5. The maximum atomic E-state index is 13.3. The summed E-state index contributed by atoms with van der Waals surface area (Å²) in [7, 11) is 0. The highest BCUT2D eigenvalue weighted by Gasteiger charge is 2.78. The van der Waals surface area contributed by atoms with Crippen LogP contribution in [0.4, 0.5) is 0 Å². The molecule has 11 nitrogen and oxygen atoms in total. The zero-order valence-electron chi connectivity index (χ0n) is 27.8. The number of esters is 5. The van der Waals surface area contributed by atoms with E-state index in [0.29, 0.717) is 36.8 Å². The Morgan fingerprint density at radius 2 is 1.84 bits per heavy atom. The summed E-state index contributed by atoms with van der Waals surface area (Å²) in [6.45, 7) is 14.1. The van der Waals surface area contributed by atoms with Crippen molar-refractivity contribution in [1.82, 2.24) is 0 Å². The molecule has 2 aliphatic heterocycles. The van der Waals surface area contributed by atoms with Crippen molar-refractivity contribution in [2.24, 2.45) is 28.6 Å². The quantitative estimate of drug-likeness (QED) is 0.182. The number of hydrogen-bond donors (Lipinski definition) is 0. The topological polar surface area (TPSA) is 141 Å². The molecule has 11 heteroatoms. The fraction of sp³-hybridized carbons (Fsp3) is 0.735. The summed E-state index contributed by atoms with van der Waals surface area (Å²) in [5.41, 5.74) is -1.56. The fourth-order valence-corrected chi connectivity index (χ4v) is 7.97. The van der Waals surface area contributed by atoms with Gasteiger partial charge in [0.1, 0.15) is 37.1 Å². The van der Waals surface area contributed by atoms with Crippen molar-refractivity contribution >= 4 is 29.8 Å². The van der Waals surface area contributed by atoms with E-state index in [9.17, 15) is 24.0 Å². The van der Waals surface area contributed by atoms with Gasteiger partial charge in [-0.25, -0.2) is 9.59 Å². The van der Waals surface area contributed by atoms with Gasteiger partial charge >= 0.3 is 29.8 Å². The summed E-state index contributed by atoms with van der Waals surface area (Å²) in [6.07, 6.45) is 3.20. The van der Waals surface area contributed by atoms with Gasteiger partial charge in [-0.1, -0.05) is 33.8 Å².